The number of aryl methyl sites for hydroxylation is 1. The molecule has 162 valence electrons. The van der Waals surface area contributed by atoms with Gasteiger partial charge in [0.1, 0.15) is 5.75 Å². The largest absolute Gasteiger partial charge is 0.497 e. The van der Waals surface area contributed by atoms with Gasteiger partial charge in [0.15, 0.2) is 4.90 Å². The third-order valence-corrected chi connectivity index (χ3v) is 6.50. The first-order chi connectivity index (χ1) is 14.3. The second kappa shape index (κ2) is 9.52. The molecule has 1 fully saturated rings. The highest BCUT2D eigenvalue weighted by atomic mass is 32.2. The Morgan fingerprint density at radius 3 is 2.60 bits per heavy atom. The average molecular weight is 436 g/mol. The van der Waals surface area contributed by atoms with E-state index in [9.17, 15) is 18.5 Å². The maximum atomic E-state index is 12.9. The minimum atomic E-state index is -4.12. The predicted octanol–water partition coefficient (Wildman–Crippen LogP) is 2.26. The van der Waals surface area contributed by atoms with Crippen molar-refractivity contribution in [3.63, 3.8) is 0 Å². The number of rotatable bonds is 8. The molecule has 0 spiro atoms. The van der Waals surface area contributed by atoms with Crippen LogP contribution >= 0.6 is 0 Å². The third-order valence-electron chi connectivity index (χ3n) is 5.03. The summed E-state index contributed by atoms with van der Waals surface area (Å²) in [6.07, 6.45) is 0. The number of hydrogen-bond donors (Lipinski definition) is 1. The van der Waals surface area contributed by atoms with Crippen LogP contribution in [0.1, 0.15) is 17.2 Å². The lowest BCUT2D eigenvalue weighted by molar-refractivity contribution is -0.387. The Morgan fingerprint density at radius 1 is 1.23 bits per heavy atom. The fraction of sp³-hybridized carbons (Fsp3) is 0.400. The van der Waals surface area contributed by atoms with Gasteiger partial charge in [-0.1, -0.05) is 29.8 Å². The molecule has 0 aromatic heterocycles. The lowest BCUT2D eigenvalue weighted by atomic mass is 10.0. The second-order valence-corrected chi connectivity index (χ2v) is 8.76. The lowest BCUT2D eigenvalue weighted by Crippen LogP contribution is -2.43. The molecule has 0 radical (unpaired) electrons. The molecule has 1 unspecified atom stereocenters. The van der Waals surface area contributed by atoms with Crippen LogP contribution in [0.25, 0.3) is 0 Å². The van der Waals surface area contributed by atoms with Gasteiger partial charge >= 0.3 is 0 Å². The smallest absolute Gasteiger partial charge is 0.293 e. The number of nitrogens with one attached hydrogen (secondary N) is 1. The van der Waals surface area contributed by atoms with Crippen LogP contribution < -0.4 is 9.46 Å². The molecule has 1 aliphatic rings. The normalized spacial score (nSPS) is 16.2. The van der Waals surface area contributed by atoms with Crippen LogP contribution in [-0.4, -0.2) is 58.2 Å². The van der Waals surface area contributed by atoms with Crippen molar-refractivity contribution in [2.45, 2.75) is 17.9 Å². The number of morpholine rings is 1. The Kier molecular flexibility index (Phi) is 7.03. The van der Waals surface area contributed by atoms with E-state index in [1.165, 1.54) is 19.2 Å². The van der Waals surface area contributed by atoms with E-state index >= 15 is 0 Å². The molecule has 0 aliphatic carbocycles. The van der Waals surface area contributed by atoms with E-state index in [-0.39, 0.29) is 18.3 Å². The Balaban J connectivity index is 1.88. The van der Waals surface area contributed by atoms with Crippen LogP contribution in [0.15, 0.2) is 47.4 Å². The fourth-order valence-electron chi connectivity index (χ4n) is 3.48. The number of methoxy groups -OCH3 is 1. The summed E-state index contributed by atoms with van der Waals surface area (Å²) >= 11 is 0. The number of sulfonamides is 1. The monoisotopic (exact) mass is 435 g/mol. The van der Waals surface area contributed by atoms with E-state index in [4.69, 9.17) is 9.47 Å². The van der Waals surface area contributed by atoms with Gasteiger partial charge in [0, 0.05) is 25.7 Å². The van der Waals surface area contributed by atoms with Crippen LogP contribution in [0.5, 0.6) is 5.75 Å². The molecule has 10 heteroatoms. The van der Waals surface area contributed by atoms with Crippen molar-refractivity contribution >= 4 is 15.7 Å². The van der Waals surface area contributed by atoms with E-state index in [0.29, 0.717) is 26.3 Å². The minimum absolute atomic E-state index is 0.0783. The lowest BCUT2D eigenvalue weighted by Gasteiger charge is -2.35. The number of nitro benzene ring substituents is 1. The summed E-state index contributed by atoms with van der Waals surface area (Å²) in [5.74, 6) is 0.214. The standard InChI is InChI=1S/C20H25N3O6S/c1-15-4-3-5-16(12-15)19(22-8-10-29-11-9-22)14-21-30(26,27)20-7-6-17(28-2)13-18(20)23(24)25/h3-7,12-13,19,21H,8-11,14H2,1-2H3. The molecule has 9 nitrogen and oxygen atoms in total. The van der Waals surface area contributed by atoms with Gasteiger partial charge in [0.05, 0.1) is 31.3 Å². The Bertz CT molecular complexity index is 1010. The zero-order valence-electron chi connectivity index (χ0n) is 16.9. The summed E-state index contributed by atoms with van der Waals surface area (Å²) in [5.41, 5.74) is 1.52. The first-order valence-electron chi connectivity index (χ1n) is 9.52. The van der Waals surface area contributed by atoms with Crippen LogP contribution in [0.2, 0.25) is 0 Å². The molecule has 3 rings (SSSR count). The van der Waals surface area contributed by atoms with E-state index in [1.807, 2.05) is 31.2 Å². The van der Waals surface area contributed by atoms with Gasteiger partial charge in [-0.05, 0) is 24.6 Å². The average Bonchev–Trinajstić information content (AvgIpc) is 2.74. The highest BCUT2D eigenvalue weighted by Gasteiger charge is 2.29. The van der Waals surface area contributed by atoms with Crippen LogP contribution in [0.3, 0.4) is 0 Å². The number of hydrogen-bond acceptors (Lipinski definition) is 7. The first-order valence-corrected chi connectivity index (χ1v) is 11.0. The van der Waals surface area contributed by atoms with Crippen molar-refractivity contribution in [2.75, 3.05) is 40.0 Å². The van der Waals surface area contributed by atoms with Gasteiger partial charge in [-0.15, -0.1) is 0 Å². The summed E-state index contributed by atoms with van der Waals surface area (Å²) in [7, 11) is -2.76. The van der Waals surface area contributed by atoms with Gasteiger partial charge < -0.3 is 9.47 Å². The minimum Gasteiger partial charge on any atom is -0.497 e. The van der Waals surface area contributed by atoms with Crippen molar-refractivity contribution in [1.82, 2.24) is 9.62 Å². The van der Waals surface area contributed by atoms with Crippen LogP contribution in [-0.2, 0) is 14.8 Å². The number of nitro groups is 1. The van der Waals surface area contributed by atoms with Gasteiger partial charge in [0.25, 0.3) is 5.69 Å². The highest BCUT2D eigenvalue weighted by Crippen LogP contribution is 2.29. The van der Waals surface area contributed by atoms with E-state index in [1.54, 1.807) is 0 Å². The van der Waals surface area contributed by atoms with Gasteiger partial charge in [-0.25, -0.2) is 13.1 Å². The van der Waals surface area contributed by atoms with Crippen LogP contribution in [0, 0.1) is 17.0 Å². The Hall–Kier alpha value is -2.53. The van der Waals surface area contributed by atoms with Crippen molar-refractivity contribution in [1.29, 1.82) is 0 Å². The number of benzene rings is 2. The van der Waals surface area contributed by atoms with Gasteiger partial charge in [-0.2, -0.15) is 0 Å². The second-order valence-electron chi connectivity index (χ2n) is 7.02. The maximum Gasteiger partial charge on any atom is 0.293 e. The highest BCUT2D eigenvalue weighted by molar-refractivity contribution is 7.89. The molecule has 2 aromatic carbocycles. The number of ether oxygens (including phenoxy) is 2. The molecular formula is C20H25N3O6S. The van der Waals surface area contributed by atoms with Crippen molar-refractivity contribution in [2.24, 2.45) is 0 Å². The van der Waals surface area contributed by atoms with Crippen molar-refractivity contribution in [3.05, 3.63) is 63.7 Å². The molecule has 1 aliphatic heterocycles. The molecule has 1 heterocycles. The quantitative estimate of drug-likeness (QED) is 0.500. The SMILES string of the molecule is COc1ccc(S(=O)(=O)NCC(c2cccc(C)c2)N2CCOCC2)c([N+](=O)[O-])c1. The molecule has 0 bridgehead atoms. The van der Waals surface area contributed by atoms with Gasteiger partial charge in [-0.3, -0.25) is 15.0 Å². The molecule has 1 saturated heterocycles. The molecule has 0 saturated carbocycles. The predicted molar refractivity (Wildman–Crippen MR) is 111 cm³/mol. The summed E-state index contributed by atoms with van der Waals surface area (Å²) < 4.78 is 38.9. The van der Waals surface area contributed by atoms with E-state index in [0.717, 1.165) is 17.2 Å². The van der Waals surface area contributed by atoms with Crippen LogP contribution in [0.4, 0.5) is 5.69 Å². The summed E-state index contributed by atoms with van der Waals surface area (Å²) in [6.45, 7) is 4.53. The first kappa shape index (κ1) is 22.2. The summed E-state index contributed by atoms with van der Waals surface area (Å²) in [6, 6.07) is 11.3. The molecule has 1 atom stereocenters. The Morgan fingerprint density at radius 2 is 1.97 bits per heavy atom. The van der Waals surface area contributed by atoms with E-state index in [2.05, 4.69) is 9.62 Å². The van der Waals surface area contributed by atoms with Crippen molar-refractivity contribution in [3.8, 4) is 5.75 Å². The molecule has 2 aromatic rings. The zero-order valence-corrected chi connectivity index (χ0v) is 17.7. The third kappa shape index (κ3) is 5.14. The molecule has 30 heavy (non-hydrogen) atoms. The Labute approximate surface area is 175 Å². The topological polar surface area (TPSA) is 111 Å². The van der Waals surface area contributed by atoms with Gasteiger partial charge in [0.2, 0.25) is 10.0 Å². The zero-order chi connectivity index (χ0) is 21.7. The fourth-order valence-corrected chi connectivity index (χ4v) is 4.67. The molecule has 1 N–H and O–H groups in total. The molecular weight excluding hydrogens is 410 g/mol. The molecule has 0 amide bonds. The van der Waals surface area contributed by atoms with Crippen molar-refractivity contribution < 1.29 is 22.8 Å². The van der Waals surface area contributed by atoms with E-state index < -0.39 is 25.5 Å². The maximum absolute atomic E-state index is 12.9. The summed E-state index contributed by atoms with van der Waals surface area (Å²) in [5, 5.41) is 11.4. The summed E-state index contributed by atoms with van der Waals surface area (Å²) in [4.78, 5) is 12.5. The number of nitrogens with zero attached hydrogens (tertiary/aromatic N) is 2.